The standard InChI is InChI=1S/C18H21BrN2O5S/c1-13(22)20-15-5-9-18(10-6-15)26-12-17(23)11-21(27(2,24)25)16-7-3-14(19)4-8-16/h3-10,17,23H,11-12H2,1-2H3,(H,20,22). The summed E-state index contributed by atoms with van der Waals surface area (Å²) in [6.45, 7) is 1.20. The Morgan fingerprint density at radius 3 is 2.30 bits per heavy atom. The number of halogens is 1. The van der Waals surface area contributed by atoms with Gasteiger partial charge in [-0.05, 0) is 48.5 Å². The predicted molar refractivity (Wildman–Crippen MR) is 109 cm³/mol. The summed E-state index contributed by atoms with van der Waals surface area (Å²) in [5.74, 6) is 0.325. The van der Waals surface area contributed by atoms with Crippen LogP contribution in [0.4, 0.5) is 11.4 Å². The van der Waals surface area contributed by atoms with Crippen molar-refractivity contribution in [2.75, 3.05) is 29.0 Å². The van der Waals surface area contributed by atoms with Crippen LogP contribution in [0.15, 0.2) is 53.0 Å². The molecule has 7 nitrogen and oxygen atoms in total. The molecular weight excluding hydrogens is 436 g/mol. The molecule has 0 radical (unpaired) electrons. The maximum Gasteiger partial charge on any atom is 0.232 e. The van der Waals surface area contributed by atoms with Crippen LogP contribution in [0, 0.1) is 0 Å². The highest BCUT2D eigenvalue weighted by Gasteiger charge is 2.21. The molecule has 2 aromatic rings. The lowest BCUT2D eigenvalue weighted by Gasteiger charge is -2.25. The molecule has 1 atom stereocenters. The van der Waals surface area contributed by atoms with Crippen molar-refractivity contribution < 1.29 is 23.1 Å². The van der Waals surface area contributed by atoms with Crippen LogP contribution in [0.3, 0.4) is 0 Å². The minimum absolute atomic E-state index is 0.0813. The van der Waals surface area contributed by atoms with E-state index in [1.807, 2.05) is 0 Å². The quantitative estimate of drug-likeness (QED) is 0.636. The van der Waals surface area contributed by atoms with Gasteiger partial charge in [-0.25, -0.2) is 8.42 Å². The smallest absolute Gasteiger partial charge is 0.232 e. The average Bonchev–Trinajstić information content (AvgIpc) is 2.58. The Morgan fingerprint density at radius 2 is 1.78 bits per heavy atom. The van der Waals surface area contributed by atoms with Gasteiger partial charge < -0.3 is 15.2 Å². The van der Waals surface area contributed by atoms with E-state index in [-0.39, 0.29) is 19.1 Å². The number of carbonyl (C=O) groups excluding carboxylic acids is 1. The Kier molecular flexibility index (Phi) is 7.23. The van der Waals surface area contributed by atoms with Crippen molar-refractivity contribution in [2.45, 2.75) is 13.0 Å². The summed E-state index contributed by atoms with van der Waals surface area (Å²) in [4.78, 5) is 11.0. The van der Waals surface area contributed by atoms with Crippen LogP contribution in [0.5, 0.6) is 5.75 Å². The fourth-order valence-electron chi connectivity index (χ4n) is 2.31. The molecule has 1 unspecified atom stereocenters. The molecule has 0 heterocycles. The number of carbonyl (C=O) groups is 1. The number of benzene rings is 2. The third-order valence-corrected chi connectivity index (χ3v) is 5.20. The van der Waals surface area contributed by atoms with Gasteiger partial charge in [0.15, 0.2) is 0 Å². The summed E-state index contributed by atoms with van der Waals surface area (Å²) >= 11 is 3.30. The number of aliphatic hydroxyl groups is 1. The molecule has 1 amide bonds. The highest BCUT2D eigenvalue weighted by Crippen LogP contribution is 2.21. The van der Waals surface area contributed by atoms with Gasteiger partial charge in [0.05, 0.1) is 18.5 Å². The van der Waals surface area contributed by atoms with E-state index in [1.54, 1.807) is 48.5 Å². The van der Waals surface area contributed by atoms with Crippen molar-refractivity contribution in [1.82, 2.24) is 0 Å². The SMILES string of the molecule is CC(=O)Nc1ccc(OCC(O)CN(c2ccc(Br)cc2)S(C)(=O)=O)cc1. The Bertz CT molecular complexity index is 870. The van der Waals surface area contributed by atoms with Gasteiger partial charge in [-0.3, -0.25) is 9.10 Å². The van der Waals surface area contributed by atoms with E-state index in [1.165, 1.54) is 6.92 Å². The van der Waals surface area contributed by atoms with E-state index in [2.05, 4.69) is 21.2 Å². The van der Waals surface area contributed by atoms with Gasteiger partial charge >= 0.3 is 0 Å². The van der Waals surface area contributed by atoms with E-state index in [4.69, 9.17) is 4.74 Å². The molecule has 2 N–H and O–H groups in total. The summed E-state index contributed by atoms with van der Waals surface area (Å²) < 4.78 is 31.6. The van der Waals surface area contributed by atoms with E-state index >= 15 is 0 Å². The van der Waals surface area contributed by atoms with Crippen molar-refractivity contribution >= 4 is 43.2 Å². The second-order valence-corrected chi connectivity index (χ2v) is 8.76. The fourth-order valence-corrected chi connectivity index (χ4v) is 3.53. The minimum Gasteiger partial charge on any atom is -0.491 e. The van der Waals surface area contributed by atoms with Crippen molar-refractivity contribution in [1.29, 1.82) is 0 Å². The number of ether oxygens (including phenoxy) is 1. The summed E-state index contributed by atoms with van der Waals surface area (Å²) in [6, 6.07) is 13.4. The first-order valence-corrected chi connectivity index (χ1v) is 10.7. The number of hydrogen-bond acceptors (Lipinski definition) is 5. The van der Waals surface area contributed by atoms with Crippen LogP contribution in [0.2, 0.25) is 0 Å². The summed E-state index contributed by atoms with van der Waals surface area (Å²) in [7, 11) is -3.56. The van der Waals surface area contributed by atoms with Gasteiger partial charge in [0.2, 0.25) is 15.9 Å². The zero-order valence-electron chi connectivity index (χ0n) is 14.9. The number of rotatable bonds is 8. The molecule has 0 aliphatic rings. The number of hydrogen-bond donors (Lipinski definition) is 2. The summed E-state index contributed by atoms with van der Waals surface area (Å²) in [5, 5.41) is 12.9. The lowest BCUT2D eigenvalue weighted by Crippen LogP contribution is -2.39. The van der Waals surface area contributed by atoms with Gasteiger partial charge in [-0.2, -0.15) is 0 Å². The van der Waals surface area contributed by atoms with Crippen LogP contribution in [-0.2, 0) is 14.8 Å². The Labute approximate surface area is 167 Å². The second-order valence-electron chi connectivity index (χ2n) is 5.94. The molecule has 0 aliphatic heterocycles. The minimum atomic E-state index is -3.56. The first-order chi connectivity index (χ1) is 12.6. The highest BCUT2D eigenvalue weighted by molar-refractivity contribution is 9.10. The maximum absolute atomic E-state index is 12.1. The molecule has 0 saturated carbocycles. The predicted octanol–water partition coefficient (Wildman–Crippen LogP) is 2.61. The van der Waals surface area contributed by atoms with Crippen LogP contribution in [0.25, 0.3) is 0 Å². The number of anilines is 2. The van der Waals surface area contributed by atoms with Crippen LogP contribution < -0.4 is 14.4 Å². The topological polar surface area (TPSA) is 95.9 Å². The van der Waals surface area contributed by atoms with Crippen LogP contribution >= 0.6 is 15.9 Å². The number of nitrogens with one attached hydrogen (secondary N) is 1. The van der Waals surface area contributed by atoms with Gasteiger partial charge in [-0.15, -0.1) is 0 Å². The second kappa shape index (κ2) is 9.20. The molecule has 9 heteroatoms. The molecule has 2 rings (SSSR count). The van der Waals surface area contributed by atoms with E-state index in [0.717, 1.165) is 15.0 Å². The monoisotopic (exact) mass is 456 g/mol. The number of sulfonamides is 1. The van der Waals surface area contributed by atoms with E-state index in [0.29, 0.717) is 17.1 Å². The highest BCUT2D eigenvalue weighted by atomic mass is 79.9. The Hall–Kier alpha value is -2.10. The molecule has 0 aliphatic carbocycles. The molecule has 0 aromatic heterocycles. The van der Waals surface area contributed by atoms with Crippen molar-refractivity contribution in [3.63, 3.8) is 0 Å². The van der Waals surface area contributed by atoms with Gasteiger partial charge in [0.25, 0.3) is 0 Å². The molecule has 2 aromatic carbocycles. The third kappa shape index (κ3) is 6.85. The van der Waals surface area contributed by atoms with Crippen molar-refractivity contribution in [2.24, 2.45) is 0 Å². The summed E-state index contributed by atoms with van der Waals surface area (Å²) in [5.41, 5.74) is 1.09. The van der Waals surface area contributed by atoms with Crippen LogP contribution in [-0.4, -0.2) is 44.9 Å². The van der Waals surface area contributed by atoms with Gasteiger partial charge in [0.1, 0.15) is 18.5 Å². The first kappa shape index (κ1) is 21.2. The maximum atomic E-state index is 12.1. The van der Waals surface area contributed by atoms with E-state index < -0.39 is 16.1 Å². The lowest BCUT2D eigenvalue weighted by atomic mass is 10.3. The average molecular weight is 457 g/mol. The van der Waals surface area contributed by atoms with Gasteiger partial charge in [-0.1, -0.05) is 15.9 Å². The molecule has 0 bridgehead atoms. The molecule has 146 valence electrons. The largest absolute Gasteiger partial charge is 0.491 e. The number of amides is 1. The van der Waals surface area contributed by atoms with E-state index in [9.17, 15) is 18.3 Å². The van der Waals surface area contributed by atoms with Crippen molar-refractivity contribution in [3.05, 3.63) is 53.0 Å². The zero-order chi connectivity index (χ0) is 20.0. The Morgan fingerprint density at radius 1 is 1.19 bits per heavy atom. The summed E-state index contributed by atoms with van der Waals surface area (Å²) in [6.07, 6.45) is 0.0574. The number of aliphatic hydroxyl groups excluding tert-OH is 1. The first-order valence-electron chi connectivity index (χ1n) is 8.07. The molecule has 27 heavy (non-hydrogen) atoms. The molecule has 0 fully saturated rings. The van der Waals surface area contributed by atoms with Crippen LogP contribution in [0.1, 0.15) is 6.92 Å². The molecule has 0 spiro atoms. The third-order valence-electron chi connectivity index (χ3n) is 3.51. The van der Waals surface area contributed by atoms with Crippen molar-refractivity contribution in [3.8, 4) is 5.75 Å². The van der Waals surface area contributed by atoms with Gasteiger partial charge in [0, 0.05) is 17.1 Å². The fraction of sp³-hybridized carbons (Fsp3) is 0.278. The molecule has 0 saturated heterocycles. The lowest BCUT2D eigenvalue weighted by molar-refractivity contribution is -0.114. The number of nitrogens with zero attached hydrogens (tertiary/aromatic N) is 1. The normalized spacial score (nSPS) is 12.3. The Balaban J connectivity index is 1.98. The molecular formula is C18H21BrN2O5S. The zero-order valence-corrected chi connectivity index (χ0v) is 17.3.